The maximum atomic E-state index is 11.1. The fraction of sp³-hybridized carbons (Fsp3) is 0.429. The molecule has 0 radical (unpaired) electrons. The molecule has 13 heavy (non-hydrogen) atoms. The van der Waals surface area contributed by atoms with Gasteiger partial charge in [-0.15, -0.1) is 0 Å². The zero-order valence-electron chi connectivity index (χ0n) is 7.37. The van der Waals surface area contributed by atoms with Crippen LogP contribution in [0.4, 0.5) is 5.95 Å². The van der Waals surface area contributed by atoms with E-state index in [9.17, 15) is 4.79 Å². The van der Waals surface area contributed by atoms with Gasteiger partial charge in [-0.1, -0.05) is 0 Å². The molecule has 0 fully saturated rings. The van der Waals surface area contributed by atoms with Crippen LogP contribution in [-0.2, 0) is 4.74 Å². The molecule has 1 atom stereocenters. The summed E-state index contributed by atoms with van der Waals surface area (Å²) in [7, 11) is 1.32. The van der Waals surface area contributed by atoms with E-state index in [-0.39, 0.29) is 11.5 Å². The van der Waals surface area contributed by atoms with Crippen LogP contribution in [-0.4, -0.2) is 28.6 Å². The number of rotatable bonds is 3. The third kappa shape index (κ3) is 2.53. The largest absolute Gasteiger partial charge is 0.351 e. The Hall–Kier alpha value is -1.40. The zero-order valence-corrected chi connectivity index (χ0v) is 7.37. The number of aromatic nitrogens is 2. The Labute approximate surface area is 74.6 Å². The van der Waals surface area contributed by atoms with Crippen LogP contribution in [0.2, 0.25) is 0 Å². The number of hydrogen-bond acceptors (Lipinski definition) is 5. The van der Waals surface area contributed by atoms with Crippen LogP contribution in [0.15, 0.2) is 11.0 Å². The topological polar surface area (TPSA) is 87.2 Å². The van der Waals surface area contributed by atoms with Gasteiger partial charge in [0.1, 0.15) is 0 Å². The van der Waals surface area contributed by atoms with Gasteiger partial charge in [0.2, 0.25) is 12.4 Å². The SMILES string of the molecule is COC(O)Nc1ncc(C)c(=O)[nH]1. The van der Waals surface area contributed by atoms with Crippen LogP contribution in [0.1, 0.15) is 5.56 Å². The van der Waals surface area contributed by atoms with E-state index in [0.717, 1.165) is 0 Å². The normalized spacial score (nSPS) is 12.5. The number of aromatic amines is 1. The van der Waals surface area contributed by atoms with Crippen LogP contribution in [0, 0.1) is 6.92 Å². The number of aliphatic hydroxyl groups is 1. The predicted octanol–water partition coefficient (Wildman–Crippen LogP) is -0.587. The molecule has 6 nitrogen and oxygen atoms in total. The lowest BCUT2D eigenvalue weighted by Gasteiger charge is -2.09. The Morgan fingerprint density at radius 1 is 1.77 bits per heavy atom. The van der Waals surface area contributed by atoms with Gasteiger partial charge in [-0.25, -0.2) is 4.98 Å². The van der Waals surface area contributed by atoms with Gasteiger partial charge in [0, 0.05) is 18.9 Å². The average molecular weight is 185 g/mol. The molecule has 1 aromatic heterocycles. The molecule has 0 aliphatic carbocycles. The van der Waals surface area contributed by atoms with Crippen molar-refractivity contribution in [2.24, 2.45) is 0 Å². The third-order valence-electron chi connectivity index (χ3n) is 1.46. The molecular formula is C7H11N3O3. The van der Waals surface area contributed by atoms with E-state index >= 15 is 0 Å². The highest BCUT2D eigenvalue weighted by Crippen LogP contribution is 1.95. The summed E-state index contributed by atoms with van der Waals surface area (Å²) in [6, 6.07) is 0. The number of aryl methyl sites for hydroxylation is 1. The molecule has 6 heteroatoms. The van der Waals surface area contributed by atoms with Crippen LogP contribution in [0.25, 0.3) is 0 Å². The Morgan fingerprint density at radius 3 is 3.00 bits per heavy atom. The van der Waals surface area contributed by atoms with Gasteiger partial charge >= 0.3 is 0 Å². The Morgan fingerprint density at radius 2 is 2.46 bits per heavy atom. The second-order valence-electron chi connectivity index (χ2n) is 2.48. The van der Waals surface area contributed by atoms with Gasteiger partial charge in [-0.3, -0.25) is 9.78 Å². The highest BCUT2D eigenvalue weighted by atomic mass is 16.6. The monoisotopic (exact) mass is 185 g/mol. The van der Waals surface area contributed by atoms with Gasteiger partial charge in [0.15, 0.2) is 0 Å². The molecule has 0 saturated heterocycles. The predicted molar refractivity (Wildman–Crippen MR) is 46.2 cm³/mol. The van der Waals surface area contributed by atoms with Gasteiger partial charge in [0.25, 0.3) is 5.56 Å². The molecule has 1 rings (SSSR count). The summed E-state index contributed by atoms with van der Waals surface area (Å²) in [6.07, 6.45) is 0.231. The van der Waals surface area contributed by atoms with E-state index in [4.69, 9.17) is 5.11 Å². The number of aliphatic hydroxyl groups excluding tert-OH is 1. The number of nitrogens with zero attached hydrogens (tertiary/aromatic N) is 1. The van der Waals surface area contributed by atoms with E-state index in [1.54, 1.807) is 6.92 Å². The van der Waals surface area contributed by atoms with Gasteiger partial charge < -0.3 is 15.2 Å². The summed E-state index contributed by atoms with van der Waals surface area (Å²) in [5.74, 6) is 0.171. The lowest BCUT2D eigenvalue weighted by molar-refractivity contribution is -0.0515. The van der Waals surface area contributed by atoms with E-state index in [1.807, 2.05) is 0 Å². The summed E-state index contributed by atoms with van der Waals surface area (Å²) in [6.45, 7) is 1.64. The van der Waals surface area contributed by atoms with E-state index in [1.165, 1.54) is 13.3 Å². The second kappa shape index (κ2) is 4.01. The molecule has 72 valence electrons. The fourth-order valence-corrected chi connectivity index (χ4v) is 0.708. The Balaban J connectivity index is 2.80. The van der Waals surface area contributed by atoms with Crippen molar-refractivity contribution in [2.75, 3.05) is 12.4 Å². The van der Waals surface area contributed by atoms with Crippen LogP contribution >= 0.6 is 0 Å². The quantitative estimate of drug-likeness (QED) is 0.548. The first-order valence-electron chi connectivity index (χ1n) is 3.67. The first kappa shape index (κ1) is 9.69. The Bertz CT molecular complexity index is 336. The number of ether oxygens (including phenoxy) is 1. The van der Waals surface area contributed by atoms with Crippen molar-refractivity contribution in [2.45, 2.75) is 13.3 Å². The summed E-state index contributed by atoms with van der Waals surface area (Å²) in [5, 5.41) is 11.4. The van der Waals surface area contributed by atoms with Crippen molar-refractivity contribution in [1.82, 2.24) is 9.97 Å². The van der Waals surface area contributed by atoms with Crippen molar-refractivity contribution in [3.63, 3.8) is 0 Å². The van der Waals surface area contributed by atoms with Crippen molar-refractivity contribution in [3.8, 4) is 0 Å². The fourth-order valence-electron chi connectivity index (χ4n) is 0.708. The summed E-state index contributed by atoms with van der Waals surface area (Å²) < 4.78 is 4.51. The van der Waals surface area contributed by atoms with Gasteiger partial charge in [-0.05, 0) is 6.92 Å². The molecule has 0 bridgehead atoms. The first-order valence-corrected chi connectivity index (χ1v) is 3.67. The first-order chi connectivity index (χ1) is 6.13. The van der Waals surface area contributed by atoms with Gasteiger partial charge in [0.05, 0.1) is 0 Å². The maximum Gasteiger partial charge on any atom is 0.255 e. The molecule has 1 heterocycles. The lowest BCUT2D eigenvalue weighted by atomic mass is 10.4. The highest BCUT2D eigenvalue weighted by Gasteiger charge is 2.02. The van der Waals surface area contributed by atoms with Gasteiger partial charge in [-0.2, -0.15) is 0 Å². The molecule has 3 N–H and O–H groups in total. The Kier molecular flexibility index (Phi) is 2.99. The van der Waals surface area contributed by atoms with Crippen LogP contribution in [0.3, 0.4) is 0 Å². The van der Waals surface area contributed by atoms with Crippen LogP contribution < -0.4 is 10.9 Å². The van der Waals surface area contributed by atoms with Crippen molar-refractivity contribution in [3.05, 3.63) is 22.1 Å². The molecule has 0 aliphatic heterocycles. The minimum Gasteiger partial charge on any atom is -0.351 e. The maximum absolute atomic E-state index is 11.1. The molecule has 1 aromatic rings. The minimum absolute atomic E-state index is 0.171. The third-order valence-corrected chi connectivity index (χ3v) is 1.46. The highest BCUT2D eigenvalue weighted by molar-refractivity contribution is 5.24. The standard InChI is InChI=1S/C7H11N3O3/c1-4-3-8-6(9-5(4)11)10-7(12)13-2/h3,7,12H,1-2H3,(H2,8,9,10,11). The summed E-state index contributed by atoms with van der Waals surface area (Å²) in [5.41, 5.74) is 0.262. The van der Waals surface area contributed by atoms with E-state index in [2.05, 4.69) is 20.0 Å². The van der Waals surface area contributed by atoms with Crippen molar-refractivity contribution in [1.29, 1.82) is 0 Å². The van der Waals surface area contributed by atoms with E-state index in [0.29, 0.717) is 5.56 Å². The summed E-state index contributed by atoms with van der Waals surface area (Å²) >= 11 is 0. The molecular weight excluding hydrogens is 174 g/mol. The zero-order chi connectivity index (χ0) is 9.84. The van der Waals surface area contributed by atoms with Crippen molar-refractivity contribution >= 4 is 5.95 Å². The van der Waals surface area contributed by atoms with Crippen molar-refractivity contribution < 1.29 is 9.84 Å². The number of anilines is 1. The number of hydrogen-bond donors (Lipinski definition) is 3. The molecule has 0 aliphatic rings. The lowest BCUT2D eigenvalue weighted by Crippen LogP contribution is -2.24. The summed E-state index contributed by atoms with van der Waals surface area (Å²) in [4.78, 5) is 17.3. The number of nitrogens with one attached hydrogen (secondary N) is 2. The molecule has 0 amide bonds. The average Bonchev–Trinajstić information content (AvgIpc) is 2.11. The molecule has 0 saturated carbocycles. The molecule has 0 aromatic carbocycles. The number of methoxy groups -OCH3 is 1. The molecule has 1 unspecified atom stereocenters. The van der Waals surface area contributed by atoms with Crippen LogP contribution in [0.5, 0.6) is 0 Å². The molecule has 0 spiro atoms. The second-order valence-corrected chi connectivity index (χ2v) is 2.48. The number of H-pyrrole nitrogens is 1. The minimum atomic E-state index is -1.18. The van der Waals surface area contributed by atoms with E-state index < -0.39 is 6.41 Å². The smallest absolute Gasteiger partial charge is 0.255 e.